The number of nitrogens with zero attached hydrogens (tertiary/aromatic N) is 3. The van der Waals surface area contributed by atoms with Crippen LogP contribution in [0.1, 0.15) is 19.4 Å². The van der Waals surface area contributed by atoms with Gasteiger partial charge in [-0.15, -0.1) is 10.2 Å². The zero-order chi connectivity index (χ0) is 17.1. The molecule has 0 fully saturated rings. The van der Waals surface area contributed by atoms with E-state index in [1.807, 2.05) is 17.6 Å². The van der Waals surface area contributed by atoms with E-state index in [-0.39, 0.29) is 5.91 Å². The van der Waals surface area contributed by atoms with E-state index in [4.69, 9.17) is 4.42 Å². The van der Waals surface area contributed by atoms with Gasteiger partial charge in [0.25, 0.3) is 0 Å². The normalized spacial score (nSPS) is 10.9. The van der Waals surface area contributed by atoms with E-state index in [9.17, 15) is 9.59 Å². The maximum Gasteiger partial charge on any atom is 0.336 e. The first-order valence-corrected chi connectivity index (χ1v) is 8.40. The molecule has 1 N–H and O–H groups in total. The molecule has 0 unspecified atom stereocenters. The molecule has 0 aliphatic heterocycles. The molecule has 0 spiro atoms. The van der Waals surface area contributed by atoms with E-state index in [0.29, 0.717) is 17.0 Å². The van der Waals surface area contributed by atoms with Gasteiger partial charge in [0.15, 0.2) is 5.16 Å². The zero-order valence-corrected chi connectivity index (χ0v) is 14.1. The van der Waals surface area contributed by atoms with Gasteiger partial charge in [-0.05, 0) is 24.6 Å². The molecule has 2 heterocycles. The summed E-state index contributed by atoms with van der Waals surface area (Å²) in [5.74, 6) is 0.391. The van der Waals surface area contributed by atoms with E-state index in [0.717, 1.165) is 22.7 Å². The Morgan fingerprint density at radius 1 is 1.38 bits per heavy atom. The second-order valence-corrected chi connectivity index (χ2v) is 6.11. The lowest BCUT2D eigenvalue weighted by Crippen LogP contribution is -2.06. The quantitative estimate of drug-likeness (QED) is 0.565. The number of nitrogens with one attached hydrogen (secondary N) is 1. The summed E-state index contributed by atoms with van der Waals surface area (Å²) in [5.41, 5.74) is 1.47. The zero-order valence-electron chi connectivity index (χ0n) is 13.3. The number of rotatable bonds is 5. The molecule has 0 aliphatic carbocycles. The van der Waals surface area contributed by atoms with Gasteiger partial charge < -0.3 is 14.3 Å². The van der Waals surface area contributed by atoms with Crippen molar-refractivity contribution in [3.63, 3.8) is 0 Å². The number of hydrogen-bond acceptors (Lipinski definition) is 6. The van der Waals surface area contributed by atoms with E-state index in [1.54, 1.807) is 18.5 Å². The predicted octanol–water partition coefficient (Wildman–Crippen LogP) is 2.66. The van der Waals surface area contributed by atoms with Crippen molar-refractivity contribution in [3.05, 3.63) is 46.6 Å². The van der Waals surface area contributed by atoms with Crippen LogP contribution in [0.25, 0.3) is 11.0 Å². The number of aryl methyl sites for hydroxylation is 1. The third kappa shape index (κ3) is 3.48. The van der Waals surface area contributed by atoms with Gasteiger partial charge in [0.2, 0.25) is 5.91 Å². The standard InChI is InChI=1S/C16H16N4O3S/c1-3-20-9-17-19-16(20)24-8-11-6-15(22)23-14-7-12(18-10(2)21)4-5-13(11)14/h4-7,9H,3,8H2,1-2H3,(H,18,21). The molecule has 3 rings (SSSR count). The number of anilines is 1. The fourth-order valence-corrected chi connectivity index (χ4v) is 3.32. The van der Waals surface area contributed by atoms with Gasteiger partial charge in [-0.3, -0.25) is 4.79 Å². The summed E-state index contributed by atoms with van der Waals surface area (Å²) in [5, 5.41) is 12.3. The van der Waals surface area contributed by atoms with Gasteiger partial charge in [0, 0.05) is 42.4 Å². The van der Waals surface area contributed by atoms with Crippen LogP contribution in [-0.4, -0.2) is 20.7 Å². The highest BCUT2D eigenvalue weighted by atomic mass is 32.2. The molecule has 3 aromatic rings. The third-order valence-electron chi connectivity index (χ3n) is 3.43. The number of fused-ring (bicyclic) bond motifs is 1. The van der Waals surface area contributed by atoms with Crippen molar-refractivity contribution in [1.29, 1.82) is 0 Å². The molecule has 0 bridgehead atoms. The highest BCUT2D eigenvalue weighted by molar-refractivity contribution is 7.98. The van der Waals surface area contributed by atoms with E-state index < -0.39 is 5.63 Å². The molecule has 2 aromatic heterocycles. The van der Waals surface area contributed by atoms with Crippen molar-refractivity contribution in [1.82, 2.24) is 14.8 Å². The number of carbonyl (C=O) groups excluding carboxylic acids is 1. The lowest BCUT2D eigenvalue weighted by atomic mass is 10.1. The van der Waals surface area contributed by atoms with Gasteiger partial charge >= 0.3 is 5.63 Å². The Morgan fingerprint density at radius 3 is 2.96 bits per heavy atom. The van der Waals surface area contributed by atoms with Crippen LogP contribution < -0.4 is 10.9 Å². The third-order valence-corrected chi connectivity index (χ3v) is 4.46. The Hall–Kier alpha value is -2.61. The number of carbonyl (C=O) groups is 1. The first-order chi connectivity index (χ1) is 11.6. The minimum atomic E-state index is -0.421. The molecular formula is C16H16N4O3S. The Kier molecular flexibility index (Phi) is 4.66. The summed E-state index contributed by atoms with van der Waals surface area (Å²) >= 11 is 1.51. The maximum atomic E-state index is 11.8. The van der Waals surface area contributed by atoms with E-state index >= 15 is 0 Å². The average molecular weight is 344 g/mol. The predicted molar refractivity (Wildman–Crippen MR) is 92.0 cm³/mol. The second-order valence-electron chi connectivity index (χ2n) is 5.17. The van der Waals surface area contributed by atoms with Crippen LogP contribution in [-0.2, 0) is 17.1 Å². The van der Waals surface area contributed by atoms with Crippen LogP contribution in [0.15, 0.2) is 45.0 Å². The summed E-state index contributed by atoms with van der Waals surface area (Å²) in [6, 6.07) is 6.76. The Morgan fingerprint density at radius 2 is 2.21 bits per heavy atom. The molecule has 0 saturated carbocycles. The number of aromatic nitrogens is 3. The summed E-state index contributed by atoms with van der Waals surface area (Å²) in [4.78, 5) is 23.0. The molecule has 0 saturated heterocycles. The lowest BCUT2D eigenvalue weighted by molar-refractivity contribution is -0.114. The van der Waals surface area contributed by atoms with Crippen molar-refractivity contribution in [3.8, 4) is 0 Å². The molecule has 0 atom stereocenters. The monoisotopic (exact) mass is 344 g/mol. The molecule has 7 nitrogen and oxygen atoms in total. The first kappa shape index (κ1) is 16.3. The van der Waals surface area contributed by atoms with Crippen LogP contribution in [0.2, 0.25) is 0 Å². The largest absolute Gasteiger partial charge is 0.423 e. The van der Waals surface area contributed by atoms with Gasteiger partial charge in [-0.2, -0.15) is 0 Å². The van der Waals surface area contributed by atoms with Crippen molar-refractivity contribution < 1.29 is 9.21 Å². The first-order valence-electron chi connectivity index (χ1n) is 7.42. The SMILES string of the molecule is CCn1cnnc1SCc1cc(=O)oc2cc(NC(C)=O)ccc12. The summed E-state index contributed by atoms with van der Waals surface area (Å²) in [6.45, 7) is 4.23. The highest BCUT2D eigenvalue weighted by Crippen LogP contribution is 2.27. The minimum Gasteiger partial charge on any atom is -0.423 e. The summed E-state index contributed by atoms with van der Waals surface area (Å²) < 4.78 is 7.19. The van der Waals surface area contributed by atoms with Crippen molar-refractivity contribution >= 4 is 34.3 Å². The molecular weight excluding hydrogens is 328 g/mol. The van der Waals surface area contributed by atoms with E-state index in [1.165, 1.54) is 24.8 Å². The maximum absolute atomic E-state index is 11.8. The number of hydrogen-bond donors (Lipinski definition) is 1. The molecule has 24 heavy (non-hydrogen) atoms. The second kappa shape index (κ2) is 6.88. The van der Waals surface area contributed by atoms with Gasteiger partial charge in [0.1, 0.15) is 11.9 Å². The Bertz CT molecular complexity index is 948. The van der Waals surface area contributed by atoms with E-state index in [2.05, 4.69) is 15.5 Å². The molecule has 1 amide bonds. The highest BCUT2D eigenvalue weighted by Gasteiger charge is 2.10. The average Bonchev–Trinajstić information content (AvgIpc) is 2.99. The summed E-state index contributed by atoms with van der Waals surface area (Å²) in [7, 11) is 0. The molecule has 124 valence electrons. The molecule has 1 aromatic carbocycles. The topological polar surface area (TPSA) is 90.0 Å². The summed E-state index contributed by atoms with van der Waals surface area (Å²) in [6.07, 6.45) is 1.68. The smallest absolute Gasteiger partial charge is 0.336 e. The fourth-order valence-electron chi connectivity index (χ4n) is 2.35. The lowest BCUT2D eigenvalue weighted by Gasteiger charge is -2.08. The van der Waals surface area contributed by atoms with Crippen LogP contribution >= 0.6 is 11.8 Å². The van der Waals surface area contributed by atoms with Crippen molar-refractivity contribution in [2.75, 3.05) is 5.32 Å². The van der Waals surface area contributed by atoms with Crippen LogP contribution in [0.5, 0.6) is 0 Å². The molecule has 8 heteroatoms. The van der Waals surface area contributed by atoms with Crippen LogP contribution in [0.3, 0.4) is 0 Å². The fraction of sp³-hybridized carbons (Fsp3) is 0.250. The van der Waals surface area contributed by atoms with Crippen LogP contribution in [0.4, 0.5) is 5.69 Å². The van der Waals surface area contributed by atoms with Crippen LogP contribution in [0, 0.1) is 0 Å². The molecule has 0 radical (unpaired) electrons. The van der Waals surface area contributed by atoms with Gasteiger partial charge in [-0.25, -0.2) is 4.79 Å². The number of amides is 1. The Labute approximate surface area is 142 Å². The van der Waals surface area contributed by atoms with Gasteiger partial charge in [0.05, 0.1) is 0 Å². The molecule has 0 aliphatic rings. The number of thioether (sulfide) groups is 1. The number of benzene rings is 1. The van der Waals surface area contributed by atoms with Gasteiger partial charge in [-0.1, -0.05) is 11.8 Å². The minimum absolute atomic E-state index is 0.178. The Balaban J connectivity index is 1.92. The van der Waals surface area contributed by atoms with Crippen molar-refractivity contribution in [2.24, 2.45) is 0 Å². The van der Waals surface area contributed by atoms with Crippen molar-refractivity contribution in [2.45, 2.75) is 31.3 Å².